The molecule has 2 N–H and O–H groups in total. The topological polar surface area (TPSA) is 61.3 Å². The van der Waals surface area contributed by atoms with Crippen LogP contribution in [0.2, 0.25) is 0 Å². The molecule has 0 bridgehead atoms. The van der Waals surface area contributed by atoms with Gasteiger partial charge in [-0.2, -0.15) is 0 Å². The molecule has 1 fully saturated rings. The van der Waals surface area contributed by atoms with Crippen LogP contribution in [0, 0.1) is 0 Å². The minimum absolute atomic E-state index is 0.136. The lowest BCUT2D eigenvalue weighted by atomic mass is 10.3. The van der Waals surface area contributed by atoms with E-state index in [0.29, 0.717) is 18.5 Å². The molecule has 5 nitrogen and oxygen atoms in total. The normalized spacial score (nSPS) is 14.8. The van der Waals surface area contributed by atoms with Crippen LogP contribution in [-0.4, -0.2) is 40.8 Å². The Morgan fingerprint density at radius 3 is 2.68 bits per heavy atom. The molecule has 0 radical (unpaired) electrons. The van der Waals surface area contributed by atoms with Crippen LogP contribution in [0.1, 0.15) is 45.4 Å². The van der Waals surface area contributed by atoms with Gasteiger partial charge in [-0.15, -0.1) is 0 Å². The molecule has 1 aromatic rings. The smallest absolute Gasteiger partial charge is 0.136 e. The van der Waals surface area contributed by atoms with Crippen LogP contribution < -0.4 is 10.2 Å². The third-order valence-corrected chi connectivity index (χ3v) is 3.29. The van der Waals surface area contributed by atoms with Crippen molar-refractivity contribution in [1.29, 1.82) is 0 Å². The fourth-order valence-corrected chi connectivity index (χ4v) is 2.14. The molecule has 19 heavy (non-hydrogen) atoms. The van der Waals surface area contributed by atoms with Gasteiger partial charge in [-0.05, 0) is 33.6 Å². The summed E-state index contributed by atoms with van der Waals surface area (Å²) in [6, 6.07) is 2.29. The molecule has 1 heterocycles. The molecule has 1 saturated carbocycles. The number of aliphatic hydroxyl groups is 1. The summed E-state index contributed by atoms with van der Waals surface area (Å²) in [5.41, 5.74) is 0. The van der Waals surface area contributed by atoms with Gasteiger partial charge in [-0.1, -0.05) is 0 Å². The van der Waals surface area contributed by atoms with Crippen molar-refractivity contribution in [2.45, 2.75) is 45.6 Å². The van der Waals surface area contributed by atoms with Crippen molar-refractivity contribution in [2.24, 2.45) is 0 Å². The number of hydrogen-bond donors (Lipinski definition) is 2. The number of rotatable bonds is 7. The summed E-state index contributed by atoms with van der Waals surface area (Å²) < 4.78 is 0. The minimum atomic E-state index is 0.136. The van der Waals surface area contributed by atoms with E-state index in [1.54, 1.807) is 0 Å². The standard InChI is InChI=1S/C14H24N4O/c1-4-15-12-9-13(18(7-8-19)10(2)3)17-14(16-12)11-5-6-11/h9-11,19H,4-8H2,1-3H3,(H,15,16,17). The lowest BCUT2D eigenvalue weighted by Crippen LogP contribution is -2.34. The summed E-state index contributed by atoms with van der Waals surface area (Å²) in [6.07, 6.45) is 2.38. The van der Waals surface area contributed by atoms with Crippen molar-refractivity contribution in [2.75, 3.05) is 29.9 Å². The lowest BCUT2D eigenvalue weighted by molar-refractivity contribution is 0.298. The molecule has 0 spiro atoms. The van der Waals surface area contributed by atoms with Gasteiger partial charge in [-0.25, -0.2) is 9.97 Å². The van der Waals surface area contributed by atoms with Crippen LogP contribution in [-0.2, 0) is 0 Å². The van der Waals surface area contributed by atoms with Gasteiger partial charge in [-0.3, -0.25) is 0 Å². The molecule has 0 amide bonds. The van der Waals surface area contributed by atoms with E-state index in [-0.39, 0.29) is 6.61 Å². The summed E-state index contributed by atoms with van der Waals surface area (Å²) in [6.45, 7) is 7.87. The van der Waals surface area contributed by atoms with Gasteiger partial charge in [0.25, 0.3) is 0 Å². The van der Waals surface area contributed by atoms with E-state index in [0.717, 1.165) is 24.0 Å². The first kappa shape index (κ1) is 14.1. The molecule has 1 aliphatic carbocycles. The van der Waals surface area contributed by atoms with Gasteiger partial charge >= 0.3 is 0 Å². The first-order valence-corrected chi connectivity index (χ1v) is 7.16. The molecular weight excluding hydrogens is 240 g/mol. The van der Waals surface area contributed by atoms with Crippen LogP contribution in [0.25, 0.3) is 0 Å². The number of anilines is 2. The molecule has 0 saturated heterocycles. The van der Waals surface area contributed by atoms with Crippen molar-refractivity contribution in [3.63, 3.8) is 0 Å². The number of nitrogens with one attached hydrogen (secondary N) is 1. The Labute approximate surface area is 115 Å². The van der Waals surface area contributed by atoms with Crippen molar-refractivity contribution in [1.82, 2.24) is 9.97 Å². The van der Waals surface area contributed by atoms with E-state index in [1.165, 1.54) is 12.8 Å². The number of aromatic nitrogens is 2. The van der Waals surface area contributed by atoms with Gasteiger partial charge in [0.05, 0.1) is 6.61 Å². The van der Waals surface area contributed by atoms with Crippen LogP contribution in [0.3, 0.4) is 0 Å². The van der Waals surface area contributed by atoms with E-state index < -0.39 is 0 Å². The molecule has 1 aromatic heterocycles. The van der Waals surface area contributed by atoms with Crippen LogP contribution in [0.15, 0.2) is 6.07 Å². The predicted octanol–water partition coefficient (Wildman–Crippen LogP) is 1.99. The molecule has 0 unspecified atom stereocenters. The molecular formula is C14H24N4O. The highest BCUT2D eigenvalue weighted by Crippen LogP contribution is 2.39. The fourth-order valence-electron chi connectivity index (χ4n) is 2.14. The second-order valence-electron chi connectivity index (χ2n) is 5.28. The van der Waals surface area contributed by atoms with Gasteiger partial charge in [0.15, 0.2) is 0 Å². The average molecular weight is 264 g/mol. The number of nitrogens with zero attached hydrogens (tertiary/aromatic N) is 3. The third kappa shape index (κ3) is 3.56. The van der Waals surface area contributed by atoms with Crippen molar-refractivity contribution < 1.29 is 5.11 Å². The highest BCUT2D eigenvalue weighted by molar-refractivity contribution is 5.50. The van der Waals surface area contributed by atoms with E-state index in [9.17, 15) is 5.11 Å². The Bertz CT molecular complexity index is 418. The maximum atomic E-state index is 9.21. The molecule has 2 rings (SSSR count). The molecule has 5 heteroatoms. The summed E-state index contributed by atoms with van der Waals surface area (Å²) in [5.74, 6) is 3.27. The summed E-state index contributed by atoms with van der Waals surface area (Å²) in [5, 5.41) is 12.5. The first-order chi connectivity index (χ1) is 9.15. The Morgan fingerprint density at radius 2 is 2.16 bits per heavy atom. The van der Waals surface area contributed by atoms with Crippen LogP contribution in [0.4, 0.5) is 11.6 Å². The zero-order valence-corrected chi connectivity index (χ0v) is 12.1. The number of hydrogen-bond acceptors (Lipinski definition) is 5. The molecule has 0 atom stereocenters. The Hall–Kier alpha value is -1.36. The Balaban J connectivity index is 2.30. The fraction of sp³-hybridized carbons (Fsp3) is 0.714. The molecule has 0 aliphatic heterocycles. The van der Waals surface area contributed by atoms with E-state index >= 15 is 0 Å². The van der Waals surface area contributed by atoms with E-state index in [4.69, 9.17) is 0 Å². The lowest BCUT2D eigenvalue weighted by Gasteiger charge is -2.27. The van der Waals surface area contributed by atoms with Crippen LogP contribution >= 0.6 is 0 Å². The SMILES string of the molecule is CCNc1cc(N(CCO)C(C)C)nc(C2CC2)n1. The average Bonchev–Trinajstić information content (AvgIpc) is 3.19. The zero-order valence-electron chi connectivity index (χ0n) is 12.1. The zero-order chi connectivity index (χ0) is 13.8. The summed E-state index contributed by atoms with van der Waals surface area (Å²) in [7, 11) is 0. The van der Waals surface area contributed by atoms with Crippen molar-refractivity contribution in [3.8, 4) is 0 Å². The van der Waals surface area contributed by atoms with Gasteiger partial charge in [0.1, 0.15) is 17.5 Å². The largest absolute Gasteiger partial charge is 0.395 e. The van der Waals surface area contributed by atoms with Gasteiger partial charge < -0.3 is 15.3 Å². The highest BCUT2D eigenvalue weighted by Gasteiger charge is 2.28. The molecule has 106 valence electrons. The monoisotopic (exact) mass is 264 g/mol. The van der Waals surface area contributed by atoms with Crippen molar-refractivity contribution in [3.05, 3.63) is 11.9 Å². The second kappa shape index (κ2) is 6.19. The summed E-state index contributed by atoms with van der Waals surface area (Å²) >= 11 is 0. The minimum Gasteiger partial charge on any atom is -0.395 e. The number of aliphatic hydroxyl groups excluding tert-OH is 1. The van der Waals surface area contributed by atoms with E-state index in [1.807, 2.05) is 6.07 Å². The Kier molecular flexibility index (Phi) is 4.58. The second-order valence-corrected chi connectivity index (χ2v) is 5.28. The summed E-state index contributed by atoms with van der Waals surface area (Å²) in [4.78, 5) is 11.4. The highest BCUT2D eigenvalue weighted by atomic mass is 16.3. The van der Waals surface area contributed by atoms with Crippen LogP contribution in [0.5, 0.6) is 0 Å². The third-order valence-electron chi connectivity index (χ3n) is 3.29. The van der Waals surface area contributed by atoms with Gasteiger partial charge in [0, 0.05) is 31.1 Å². The maximum Gasteiger partial charge on any atom is 0.136 e. The van der Waals surface area contributed by atoms with E-state index in [2.05, 4.69) is 41.0 Å². The maximum absolute atomic E-state index is 9.21. The molecule has 1 aliphatic rings. The quantitative estimate of drug-likeness (QED) is 0.788. The Morgan fingerprint density at radius 1 is 1.42 bits per heavy atom. The predicted molar refractivity (Wildman–Crippen MR) is 77.7 cm³/mol. The molecule has 0 aromatic carbocycles. The van der Waals surface area contributed by atoms with Crippen molar-refractivity contribution >= 4 is 11.6 Å². The first-order valence-electron chi connectivity index (χ1n) is 7.16. The van der Waals surface area contributed by atoms with Gasteiger partial charge in [0.2, 0.25) is 0 Å².